The maximum absolute atomic E-state index is 14.2. The number of aliphatic carboxylic acids is 1. The van der Waals surface area contributed by atoms with Gasteiger partial charge in [0.15, 0.2) is 4.90 Å². The van der Waals surface area contributed by atoms with Crippen LogP contribution < -0.4 is 4.31 Å². The first-order valence-corrected chi connectivity index (χ1v) is 8.81. The number of sulfonamides is 1. The van der Waals surface area contributed by atoms with Crippen molar-refractivity contribution in [1.29, 1.82) is 5.26 Å². The number of nitrogens with zero attached hydrogens (tertiary/aromatic N) is 2. The molecule has 0 amide bonds. The molecule has 9 heteroatoms. The van der Waals surface area contributed by atoms with Crippen LogP contribution in [0.2, 0.25) is 0 Å². The predicted octanol–water partition coefficient (Wildman–Crippen LogP) is 2.81. The fourth-order valence-electron chi connectivity index (χ4n) is 2.28. The van der Waals surface area contributed by atoms with Crippen LogP contribution in [0.4, 0.5) is 14.5 Å². The van der Waals surface area contributed by atoms with Crippen LogP contribution in [0, 0.1) is 29.9 Å². The second kappa shape index (κ2) is 7.49. The van der Waals surface area contributed by atoms with Crippen LogP contribution in [0.15, 0.2) is 41.3 Å². The highest BCUT2D eigenvalue weighted by atomic mass is 32.2. The molecule has 6 nitrogen and oxygen atoms in total. The van der Waals surface area contributed by atoms with E-state index in [0.29, 0.717) is 16.4 Å². The molecule has 1 N–H and O–H groups in total. The molecule has 0 radical (unpaired) electrons. The van der Waals surface area contributed by atoms with Crippen molar-refractivity contribution in [3.05, 3.63) is 59.2 Å². The molecule has 0 saturated heterocycles. The van der Waals surface area contributed by atoms with Crippen LogP contribution in [-0.2, 0) is 14.8 Å². The summed E-state index contributed by atoms with van der Waals surface area (Å²) in [6, 6.07) is 8.75. The van der Waals surface area contributed by atoms with E-state index in [0.717, 1.165) is 5.56 Å². The van der Waals surface area contributed by atoms with E-state index in [-0.39, 0.29) is 11.3 Å². The Hall–Kier alpha value is -2.99. The zero-order valence-corrected chi connectivity index (χ0v) is 14.4. The molecular formula is C17H14F2N2O4S. The monoisotopic (exact) mass is 380 g/mol. The van der Waals surface area contributed by atoms with Crippen molar-refractivity contribution in [2.45, 2.75) is 18.2 Å². The third-order valence-electron chi connectivity index (χ3n) is 3.53. The number of carboxylic acids is 1. The van der Waals surface area contributed by atoms with Gasteiger partial charge in [0.1, 0.15) is 11.6 Å². The third-order valence-corrected chi connectivity index (χ3v) is 5.41. The van der Waals surface area contributed by atoms with Crippen LogP contribution in [0.1, 0.15) is 17.5 Å². The summed E-state index contributed by atoms with van der Waals surface area (Å²) in [6.45, 7) is 1.25. The Labute approximate surface area is 149 Å². The fourth-order valence-corrected chi connectivity index (χ4v) is 3.84. The zero-order valence-electron chi connectivity index (χ0n) is 13.6. The lowest BCUT2D eigenvalue weighted by atomic mass is 10.2. The van der Waals surface area contributed by atoms with Gasteiger partial charge in [0, 0.05) is 6.54 Å². The summed E-state index contributed by atoms with van der Waals surface area (Å²) >= 11 is 0. The van der Waals surface area contributed by atoms with Gasteiger partial charge < -0.3 is 5.11 Å². The Morgan fingerprint density at radius 1 is 1.19 bits per heavy atom. The van der Waals surface area contributed by atoms with Gasteiger partial charge in [-0.15, -0.1) is 0 Å². The summed E-state index contributed by atoms with van der Waals surface area (Å²) < 4.78 is 54.8. The van der Waals surface area contributed by atoms with Crippen LogP contribution in [0.3, 0.4) is 0 Å². The van der Waals surface area contributed by atoms with Gasteiger partial charge in [0.2, 0.25) is 0 Å². The standard InChI is InChI=1S/C17H14F2N2O4S/c1-11-2-4-13(5-3-11)21(7-6-16(22)23)26(24,25)17-14(18)8-12(10-20)9-15(17)19/h2-5,8-9H,6-7H2,1H3,(H,22,23). The van der Waals surface area contributed by atoms with Crippen molar-refractivity contribution < 1.29 is 27.1 Å². The molecule has 0 bridgehead atoms. The highest BCUT2D eigenvalue weighted by Crippen LogP contribution is 2.28. The minimum Gasteiger partial charge on any atom is -0.481 e. The first kappa shape index (κ1) is 19.3. The van der Waals surface area contributed by atoms with E-state index in [1.807, 2.05) is 0 Å². The molecule has 136 valence electrons. The molecule has 0 saturated carbocycles. The average Bonchev–Trinajstić information content (AvgIpc) is 2.55. The van der Waals surface area contributed by atoms with Crippen LogP contribution >= 0.6 is 0 Å². The summed E-state index contributed by atoms with van der Waals surface area (Å²) in [5.41, 5.74) is 0.520. The van der Waals surface area contributed by atoms with E-state index in [4.69, 9.17) is 10.4 Å². The second-order valence-corrected chi connectivity index (χ2v) is 7.24. The largest absolute Gasteiger partial charge is 0.481 e. The summed E-state index contributed by atoms with van der Waals surface area (Å²) in [7, 11) is -4.74. The number of hydrogen-bond acceptors (Lipinski definition) is 4. The second-order valence-electron chi connectivity index (χ2n) is 5.44. The molecule has 0 unspecified atom stereocenters. The Bertz CT molecular complexity index is 960. The van der Waals surface area contributed by atoms with E-state index >= 15 is 0 Å². The number of halogens is 2. The van der Waals surface area contributed by atoms with Crippen molar-refractivity contribution in [3.8, 4) is 6.07 Å². The first-order valence-electron chi connectivity index (χ1n) is 7.37. The lowest BCUT2D eigenvalue weighted by Crippen LogP contribution is -2.34. The van der Waals surface area contributed by atoms with E-state index in [2.05, 4.69) is 0 Å². The highest BCUT2D eigenvalue weighted by molar-refractivity contribution is 7.92. The van der Waals surface area contributed by atoms with Gasteiger partial charge in [-0.25, -0.2) is 17.2 Å². The van der Waals surface area contributed by atoms with Gasteiger partial charge >= 0.3 is 5.97 Å². The number of nitriles is 1. The Morgan fingerprint density at radius 2 is 1.73 bits per heavy atom. The minimum absolute atomic E-state index is 0.0695. The third kappa shape index (κ3) is 3.97. The van der Waals surface area contributed by atoms with Gasteiger partial charge in [-0.3, -0.25) is 9.10 Å². The number of aryl methyl sites for hydroxylation is 1. The number of rotatable bonds is 6. The number of carbonyl (C=O) groups is 1. The molecule has 0 aliphatic heterocycles. The SMILES string of the molecule is Cc1ccc(N(CCC(=O)O)S(=O)(=O)c2c(F)cc(C#N)cc2F)cc1. The molecule has 2 aromatic rings. The molecule has 2 aromatic carbocycles. The highest BCUT2D eigenvalue weighted by Gasteiger charge is 2.32. The van der Waals surface area contributed by atoms with Gasteiger partial charge in [0.25, 0.3) is 10.0 Å². The maximum Gasteiger partial charge on any atom is 0.305 e. The van der Waals surface area contributed by atoms with Gasteiger partial charge in [-0.05, 0) is 31.2 Å². The van der Waals surface area contributed by atoms with E-state index in [9.17, 15) is 22.0 Å². The Balaban J connectivity index is 2.61. The van der Waals surface area contributed by atoms with Crippen molar-refractivity contribution in [3.63, 3.8) is 0 Å². The summed E-state index contributed by atoms with van der Waals surface area (Å²) in [5, 5.41) is 17.6. The summed E-state index contributed by atoms with van der Waals surface area (Å²) in [4.78, 5) is 9.63. The molecule has 0 heterocycles. The van der Waals surface area contributed by atoms with Gasteiger partial charge in [-0.2, -0.15) is 5.26 Å². The molecule has 0 fully saturated rings. The molecular weight excluding hydrogens is 366 g/mol. The Morgan fingerprint density at radius 3 is 2.19 bits per heavy atom. The van der Waals surface area contributed by atoms with Crippen molar-refractivity contribution in [1.82, 2.24) is 0 Å². The molecule has 0 aromatic heterocycles. The summed E-state index contributed by atoms with van der Waals surface area (Å²) in [5.74, 6) is -4.11. The fraction of sp³-hybridized carbons (Fsp3) is 0.176. The lowest BCUT2D eigenvalue weighted by Gasteiger charge is -2.24. The van der Waals surface area contributed by atoms with E-state index in [1.54, 1.807) is 19.1 Å². The first-order chi connectivity index (χ1) is 12.2. The normalized spacial score (nSPS) is 11.0. The van der Waals surface area contributed by atoms with Crippen LogP contribution in [-0.4, -0.2) is 26.0 Å². The zero-order chi connectivity index (χ0) is 19.5. The lowest BCUT2D eigenvalue weighted by molar-refractivity contribution is -0.136. The van der Waals surface area contributed by atoms with Crippen molar-refractivity contribution in [2.75, 3.05) is 10.8 Å². The van der Waals surface area contributed by atoms with Crippen molar-refractivity contribution >= 4 is 21.7 Å². The minimum atomic E-state index is -4.74. The number of anilines is 1. The summed E-state index contributed by atoms with van der Waals surface area (Å²) in [6.07, 6.45) is -0.563. The molecule has 0 aliphatic carbocycles. The Kier molecular flexibility index (Phi) is 5.57. The van der Waals surface area contributed by atoms with Crippen LogP contribution in [0.25, 0.3) is 0 Å². The number of benzene rings is 2. The quantitative estimate of drug-likeness (QED) is 0.831. The number of carboxylic acid groups (broad SMARTS) is 1. The average molecular weight is 380 g/mol. The smallest absolute Gasteiger partial charge is 0.305 e. The van der Waals surface area contributed by atoms with E-state index in [1.165, 1.54) is 18.2 Å². The molecule has 26 heavy (non-hydrogen) atoms. The van der Waals surface area contributed by atoms with Gasteiger partial charge in [0.05, 0.1) is 23.7 Å². The van der Waals surface area contributed by atoms with Crippen molar-refractivity contribution in [2.24, 2.45) is 0 Å². The maximum atomic E-state index is 14.2. The molecule has 0 aliphatic rings. The van der Waals surface area contributed by atoms with E-state index < -0.39 is 45.5 Å². The molecule has 0 atom stereocenters. The van der Waals surface area contributed by atoms with Crippen LogP contribution in [0.5, 0.6) is 0 Å². The molecule has 0 spiro atoms. The topological polar surface area (TPSA) is 98.5 Å². The van der Waals surface area contributed by atoms with Gasteiger partial charge in [-0.1, -0.05) is 17.7 Å². The molecule has 2 rings (SSSR count). The number of hydrogen-bond donors (Lipinski definition) is 1. The predicted molar refractivity (Wildman–Crippen MR) is 89.0 cm³/mol.